The predicted molar refractivity (Wildman–Crippen MR) is 135 cm³/mol. The summed E-state index contributed by atoms with van der Waals surface area (Å²) in [5.74, 6) is 0.610. The van der Waals surface area contributed by atoms with Crippen molar-refractivity contribution in [3.8, 4) is 16.9 Å². The molecule has 0 spiro atoms. The van der Waals surface area contributed by atoms with Crippen molar-refractivity contribution < 1.29 is 19.1 Å². The van der Waals surface area contributed by atoms with Gasteiger partial charge in [0.25, 0.3) is 5.91 Å². The van der Waals surface area contributed by atoms with E-state index in [1.165, 1.54) is 0 Å². The van der Waals surface area contributed by atoms with Crippen LogP contribution in [0.5, 0.6) is 5.75 Å². The lowest BCUT2D eigenvalue weighted by atomic mass is 10.0. The van der Waals surface area contributed by atoms with Gasteiger partial charge in [-0.3, -0.25) is 9.69 Å². The second-order valence-corrected chi connectivity index (χ2v) is 8.44. The maximum Gasteiger partial charge on any atom is 0.316 e. The molecule has 1 fully saturated rings. The van der Waals surface area contributed by atoms with Gasteiger partial charge in [-0.2, -0.15) is 0 Å². The molecular formula is C26H27N5O4. The van der Waals surface area contributed by atoms with Gasteiger partial charge in [-0.15, -0.1) is 0 Å². The van der Waals surface area contributed by atoms with Gasteiger partial charge in [-0.25, -0.2) is 4.79 Å². The summed E-state index contributed by atoms with van der Waals surface area (Å²) in [5, 5.41) is 5.39. The lowest BCUT2D eigenvalue weighted by molar-refractivity contribution is -0.110. The number of primary amides is 1. The van der Waals surface area contributed by atoms with Crippen LogP contribution in [-0.4, -0.2) is 61.3 Å². The summed E-state index contributed by atoms with van der Waals surface area (Å²) in [4.78, 5) is 29.3. The molecule has 180 valence electrons. The number of carbonyl (C=O) groups is 2. The monoisotopic (exact) mass is 473 g/mol. The van der Waals surface area contributed by atoms with Gasteiger partial charge < -0.3 is 30.8 Å². The maximum absolute atomic E-state index is 12.6. The molecule has 3 aromatic rings. The number of hydrogen-bond acceptors (Lipinski definition) is 5. The molecule has 2 aliphatic rings. The number of urea groups is 1. The Kier molecular flexibility index (Phi) is 6.51. The third-order valence-corrected chi connectivity index (χ3v) is 6.02. The smallest absolute Gasteiger partial charge is 0.316 e. The first-order valence-electron chi connectivity index (χ1n) is 11.5. The molecule has 0 atom stereocenters. The first-order valence-corrected chi connectivity index (χ1v) is 11.5. The van der Waals surface area contributed by atoms with E-state index in [2.05, 4.69) is 20.5 Å². The lowest BCUT2D eigenvalue weighted by Gasteiger charge is -2.26. The number of fused-ring (bicyclic) bond motifs is 1. The van der Waals surface area contributed by atoms with E-state index in [0.717, 1.165) is 55.4 Å². The second kappa shape index (κ2) is 10.0. The third-order valence-electron chi connectivity index (χ3n) is 6.02. The van der Waals surface area contributed by atoms with E-state index in [9.17, 15) is 9.59 Å². The van der Waals surface area contributed by atoms with Crippen LogP contribution in [0.25, 0.3) is 22.8 Å². The van der Waals surface area contributed by atoms with E-state index in [1.54, 1.807) is 24.3 Å². The number of rotatable bonds is 7. The molecule has 5 N–H and O–H groups in total. The highest BCUT2D eigenvalue weighted by molar-refractivity contribution is 6.35. The zero-order chi connectivity index (χ0) is 24.2. The number of morpholine rings is 1. The Balaban J connectivity index is 1.30. The zero-order valence-corrected chi connectivity index (χ0v) is 19.2. The summed E-state index contributed by atoms with van der Waals surface area (Å²) in [6, 6.07) is 14.4. The molecule has 9 heteroatoms. The molecule has 2 aliphatic heterocycles. The van der Waals surface area contributed by atoms with Gasteiger partial charge in [0.1, 0.15) is 12.4 Å². The Labute approximate surface area is 202 Å². The summed E-state index contributed by atoms with van der Waals surface area (Å²) in [6.07, 6.45) is 3.69. The highest BCUT2D eigenvalue weighted by atomic mass is 16.5. The molecule has 0 unspecified atom stereocenters. The van der Waals surface area contributed by atoms with Crippen LogP contribution in [0.4, 0.5) is 16.2 Å². The van der Waals surface area contributed by atoms with Crippen LogP contribution in [-0.2, 0) is 9.53 Å². The number of nitrogens with zero attached hydrogens (tertiary/aromatic N) is 1. The van der Waals surface area contributed by atoms with Gasteiger partial charge in [-0.05, 0) is 53.6 Å². The number of amides is 3. The molecule has 3 heterocycles. The molecular weight excluding hydrogens is 446 g/mol. The van der Waals surface area contributed by atoms with Crippen molar-refractivity contribution in [1.82, 2.24) is 9.88 Å². The molecule has 1 saturated heterocycles. The number of benzene rings is 2. The van der Waals surface area contributed by atoms with E-state index in [0.29, 0.717) is 29.1 Å². The molecule has 3 amide bonds. The van der Waals surface area contributed by atoms with E-state index in [4.69, 9.17) is 15.2 Å². The van der Waals surface area contributed by atoms with E-state index >= 15 is 0 Å². The van der Waals surface area contributed by atoms with Crippen LogP contribution in [0, 0.1) is 0 Å². The van der Waals surface area contributed by atoms with Gasteiger partial charge in [0.2, 0.25) is 0 Å². The Morgan fingerprint density at radius 1 is 1.14 bits per heavy atom. The van der Waals surface area contributed by atoms with E-state index < -0.39 is 6.03 Å². The van der Waals surface area contributed by atoms with E-state index in [-0.39, 0.29) is 5.91 Å². The minimum Gasteiger partial charge on any atom is -0.492 e. The first-order chi connectivity index (χ1) is 17.0. The maximum atomic E-state index is 12.6. The number of nitrogens with one attached hydrogen (secondary N) is 3. The fraction of sp³-hybridized carbons (Fsp3) is 0.231. The molecule has 5 rings (SSSR count). The molecule has 0 bridgehead atoms. The van der Waals surface area contributed by atoms with Crippen LogP contribution in [0.15, 0.2) is 54.7 Å². The number of carbonyl (C=O) groups excluding carboxylic acids is 2. The van der Waals surface area contributed by atoms with Crippen molar-refractivity contribution in [1.29, 1.82) is 0 Å². The standard InChI is InChI=1S/C26H27N5O4/c27-26(33)29-19-4-5-24-22(14-19)23(25(32)30-24)15-20-12-18(16-28-20)17-2-1-3-21(13-17)35-11-8-31-6-9-34-10-7-31/h1-5,12-16,28H,6-11H2,(H,30,32)(H3,27,29,33). The largest absolute Gasteiger partial charge is 0.492 e. The van der Waals surface area contributed by atoms with Gasteiger partial charge in [0.05, 0.1) is 18.8 Å². The van der Waals surface area contributed by atoms with Gasteiger partial charge >= 0.3 is 6.03 Å². The quantitative estimate of drug-likeness (QED) is 0.392. The molecule has 2 aromatic carbocycles. The van der Waals surface area contributed by atoms with Crippen molar-refractivity contribution in [3.05, 3.63) is 66.0 Å². The van der Waals surface area contributed by atoms with Crippen LogP contribution < -0.4 is 21.1 Å². The van der Waals surface area contributed by atoms with E-state index in [1.807, 2.05) is 36.5 Å². The van der Waals surface area contributed by atoms with Crippen molar-refractivity contribution in [2.75, 3.05) is 50.1 Å². The number of H-pyrrole nitrogens is 1. The Hall–Kier alpha value is -4.08. The molecule has 0 radical (unpaired) electrons. The Morgan fingerprint density at radius 2 is 2.00 bits per heavy atom. The zero-order valence-electron chi connectivity index (χ0n) is 19.2. The highest BCUT2D eigenvalue weighted by Gasteiger charge is 2.24. The van der Waals surface area contributed by atoms with Crippen molar-refractivity contribution >= 4 is 35.0 Å². The number of aromatic nitrogens is 1. The minimum absolute atomic E-state index is 0.206. The molecule has 0 saturated carbocycles. The highest BCUT2D eigenvalue weighted by Crippen LogP contribution is 2.35. The second-order valence-electron chi connectivity index (χ2n) is 8.44. The molecule has 0 aliphatic carbocycles. The molecule has 9 nitrogen and oxygen atoms in total. The number of anilines is 2. The predicted octanol–water partition coefficient (Wildman–Crippen LogP) is 3.38. The number of ether oxygens (including phenoxy) is 2. The number of nitrogens with two attached hydrogens (primary N) is 1. The lowest BCUT2D eigenvalue weighted by Crippen LogP contribution is -2.38. The SMILES string of the molecule is NC(=O)Nc1ccc2c(c1)C(=Cc1cc(-c3cccc(OCCN4CCOCC4)c3)c[nH]1)C(=O)N2. The van der Waals surface area contributed by atoms with Crippen molar-refractivity contribution in [2.24, 2.45) is 5.73 Å². The first kappa shape index (κ1) is 22.7. The van der Waals surface area contributed by atoms with Crippen molar-refractivity contribution in [3.63, 3.8) is 0 Å². The van der Waals surface area contributed by atoms with Crippen LogP contribution in [0.2, 0.25) is 0 Å². The summed E-state index contributed by atoms with van der Waals surface area (Å²) in [5.41, 5.74) is 10.4. The average Bonchev–Trinajstić information content (AvgIpc) is 3.44. The Bertz CT molecular complexity index is 1280. The fourth-order valence-electron chi connectivity index (χ4n) is 4.25. The van der Waals surface area contributed by atoms with Crippen LogP contribution in [0.3, 0.4) is 0 Å². The topological polar surface area (TPSA) is 122 Å². The van der Waals surface area contributed by atoms with Crippen LogP contribution in [0.1, 0.15) is 11.3 Å². The van der Waals surface area contributed by atoms with Gasteiger partial charge in [0, 0.05) is 48.5 Å². The molecule has 35 heavy (non-hydrogen) atoms. The fourth-order valence-corrected chi connectivity index (χ4v) is 4.25. The summed E-state index contributed by atoms with van der Waals surface area (Å²) < 4.78 is 11.4. The third kappa shape index (κ3) is 5.37. The van der Waals surface area contributed by atoms with Crippen LogP contribution >= 0.6 is 0 Å². The minimum atomic E-state index is -0.658. The van der Waals surface area contributed by atoms with Gasteiger partial charge in [0.15, 0.2) is 0 Å². The number of hydrogen-bond donors (Lipinski definition) is 4. The Morgan fingerprint density at radius 3 is 2.83 bits per heavy atom. The summed E-state index contributed by atoms with van der Waals surface area (Å²) in [6.45, 7) is 4.93. The molecule has 1 aromatic heterocycles. The van der Waals surface area contributed by atoms with Gasteiger partial charge in [-0.1, -0.05) is 12.1 Å². The number of aromatic amines is 1. The van der Waals surface area contributed by atoms with Crippen molar-refractivity contribution in [2.45, 2.75) is 0 Å². The average molecular weight is 474 g/mol. The summed E-state index contributed by atoms with van der Waals surface area (Å²) in [7, 11) is 0. The normalized spacial score (nSPS) is 16.7. The summed E-state index contributed by atoms with van der Waals surface area (Å²) >= 11 is 0.